The molecule has 0 aromatic rings. The second kappa shape index (κ2) is 4.27. The molecule has 2 rings (SSSR count). The first-order valence-electron chi connectivity index (χ1n) is 6.17. The smallest absolute Gasteiger partial charge is 0.216 e. The van der Waals surface area contributed by atoms with Gasteiger partial charge in [-0.05, 0) is 38.5 Å². The normalized spacial score (nSPS) is 36.6. The van der Waals surface area contributed by atoms with E-state index < -0.39 is 10.0 Å². The highest BCUT2D eigenvalue weighted by molar-refractivity contribution is 7.89. The van der Waals surface area contributed by atoms with E-state index in [4.69, 9.17) is 5.73 Å². The third kappa shape index (κ3) is 2.00. The third-order valence-corrected chi connectivity index (χ3v) is 6.29. The van der Waals surface area contributed by atoms with E-state index in [1.54, 1.807) is 18.2 Å². The molecule has 4 nitrogen and oxygen atoms in total. The lowest BCUT2D eigenvalue weighted by Crippen LogP contribution is -2.39. The minimum Gasteiger partial charge on any atom is -0.327 e. The first-order chi connectivity index (χ1) is 7.43. The van der Waals surface area contributed by atoms with Gasteiger partial charge in [-0.25, -0.2) is 12.7 Å². The summed E-state index contributed by atoms with van der Waals surface area (Å²) in [6.45, 7) is 4.83. The Bertz CT molecular complexity index is 353. The molecule has 1 saturated heterocycles. The summed E-state index contributed by atoms with van der Waals surface area (Å²) in [7, 11) is -3.08. The molecule has 0 amide bonds. The molecule has 16 heavy (non-hydrogen) atoms. The Morgan fingerprint density at radius 3 is 2.50 bits per heavy atom. The summed E-state index contributed by atoms with van der Waals surface area (Å²) in [5.41, 5.74) is 6.08. The fourth-order valence-electron chi connectivity index (χ4n) is 2.98. The second-order valence-electron chi connectivity index (χ2n) is 5.43. The topological polar surface area (TPSA) is 63.4 Å². The Kier molecular flexibility index (Phi) is 3.29. The van der Waals surface area contributed by atoms with Gasteiger partial charge >= 0.3 is 0 Å². The maximum absolute atomic E-state index is 12.1. The van der Waals surface area contributed by atoms with Crippen LogP contribution in [0.2, 0.25) is 0 Å². The number of nitrogens with two attached hydrogens (primary N) is 1. The molecule has 2 N–H and O–H groups in total. The molecule has 0 spiro atoms. The highest BCUT2D eigenvalue weighted by Crippen LogP contribution is 2.37. The zero-order chi connectivity index (χ0) is 11.9. The highest BCUT2D eigenvalue weighted by atomic mass is 32.2. The van der Waals surface area contributed by atoms with Crippen molar-refractivity contribution in [1.82, 2.24) is 4.31 Å². The summed E-state index contributed by atoms with van der Waals surface area (Å²) < 4.78 is 25.8. The number of sulfonamides is 1. The Morgan fingerprint density at radius 2 is 1.94 bits per heavy atom. The van der Waals surface area contributed by atoms with E-state index in [0.717, 1.165) is 19.3 Å². The van der Waals surface area contributed by atoms with Crippen LogP contribution in [-0.4, -0.2) is 37.1 Å². The standard InChI is InChI=1S/C11H22N2O2S/c1-8(2)16(14,15)13-6-9-4-3-5-11(12)10(9)7-13/h8-11H,3-7,12H2,1-2H3. The molecule has 1 aliphatic heterocycles. The van der Waals surface area contributed by atoms with Crippen molar-refractivity contribution >= 4 is 10.0 Å². The van der Waals surface area contributed by atoms with Gasteiger partial charge in [0.15, 0.2) is 0 Å². The molecule has 2 aliphatic rings. The van der Waals surface area contributed by atoms with Crippen LogP contribution in [0.1, 0.15) is 33.1 Å². The molecule has 3 atom stereocenters. The monoisotopic (exact) mass is 246 g/mol. The lowest BCUT2D eigenvalue weighted by Gasteiger charge is -2.29. The third-order valence-electron chi connectivity index (χ3n) is 4.08. The highest BCUT2D eigenvalue weighted by Gasteiger charge is 2.43. The van der Waals surface area contributed by atoms with Crippen molar-refractivity contribution in [2.45, 2.75) is 44.4 Å². The van der Waals surface area contributed by atoms with Gasteiger partial charge in [-0.15, -0.1) is 0 Å². The zero-order valence-corrected chi connectivity index (χ0v) is 10.9. The summed E-state index contributed by atoms with van der Waals surface area (Å²) in [6.07, 6.45) is 3.34. The van der Waals surface area contributed by atoms with Crippen molar-refractivity contribution in [2.75, 3.05) is 13.1 Å². The predicted molar refractivity (Wildman–Crippen MR) is 64.4 cm³/mol. The first kappa shape index (κ1) is 12.3. The summed E-state index contributed by atoms with van der Waals surface area (Å²) in [6, 6.07) is 0.200. The van der Waals surface area contributed by atoms with Crippen LogP contribution in [-0.2, 0) is 10.0 Å². The fourth-order valence-corrected chi connectivity index (χ4v) is 4.36. The van der Waals surface area contributed by atoms with E-state index in [9.17, 15) is 8.42 Å². The van der Waals surface area contributed by atoms with Gasteiger partial charge < -0.3 is 5.73 Å². The van der Waals surface area contributed by atoms with Crippen LogP contribution in [0.25, 0.3) is 0 Å². The van der Waals surface area contributed by atoms with Crippen molar-refractivity contribution in [3.63, 3.8) is 0 Å². The van der Waals surface area contributed by atoms with Crippen molar-refractivity contribution in [2.24, 2.45) is 17.6 Å². The molecular weight excluding hydrogens is 224 g/mol. The number of hydrogen-bond donors (Lipinski definition) is 1. The van der Waals surface area contributed by atoms with E-state index in [0.29, 0.717) is 24.9 Å². The Hall–Kier alpha value is -0.130. The van der Waals surface area contributed by atoms with Gasteiger partial charge in [0.25, 0.3) is 0 Å². The van der Waals surface area contributed by atoms with Crippen molar-refractivity contribution < 1.29 is 8.42 Å². The van der Waals surface area contributed by atoms with Crippen LogP contribution in [0, 0.1) is 11.8 Å². The quantitative estimate of drug-likeness (QED) is 0.783. The number of hydrogen-bond acceptors (Lipinski definition) is 3. The lowest BCUT2D eigenvalue weighted by atomic mass is 9.78. The molecule has 0 bridgehead atoms. The predicted octanol–water partition coefficient (Wildman–Crippen LogP) is 0.784. The average Bonchev–Trinajstić information content (AvgIpc) is 2.63. The van der Waals surface area contributed by atoms with Gasteiger partial charge in [-0.3, -0.25) is 0 Å². The maximum Gasteiger partial charge on any atom is 0.216 e. The minimum atomic E-state index is -3.08. The van der Waals surface area contributed by atoms with Crippen LogP contribution >= 0.6 is 0 Å². The van der Waals surface area contributed by atoms with E-state index >= 15 is 0 Å². The van der Waals surface area contributed by atoms with Crippen LogP contribution in [0.5, 0.6) is 0 Å². The van der Waals surface area contributed by atoms with Gasteiger partial charge in [0.05, 0.1) is 5.25 Å². The second-order valence-corrected chi connectivity index (χ2v) is 7.92. The van der Waals surface area contributed by atoms with Crippen LogP contribution < -0.4 is 5.73 Å². The SMILES string of the molecule is CC(C)S(=O)(=O)N1CC2CCCC(N)C2C1. The van der Waals surface area contributed by atoms with E-state index in [2.05, 4.69) is 0 Å². The van der Waals surface area contributed by atoms with Gasteiger partial charge in [-0.1, -0.05) is 6.42 Å². The summed E-state index contributed by atoms with van der Waals surface area (Å²) >= 11 is 0. The number of fused-ring (bicyclic) bond motifs is 1. The number of nitrogens with zero attached hydrogens (tertiary/aromatic N) is 1. The Balaban J connectivity index is 2.13. The molecule has 0 aromatic heterocycles. The van der Waals surface area contributed by atoms with Crippen molar-refractivity contribution in [3.8, 4) is 0 Å². The summed E-state index contributed by atoms with van der Waals surface area (Å²) in [4.78, 5) is 0. The molecule has 0 radical (unpaired) electrons. The summed E-state index contributed by atoms with van der Waals surface area (Å²) in [5, 5.41) is -0.316. The molecule has 94 valence electrons. The molecule has 0 aromatic carbocycles. The minimum absolute atomic E-state index is 0.200. The average molecular weight is 246 g/mol. The fraction of sp³-hybridized carbons (Fsp3) is 1.00. The Labute approximate surface area is 98.2 Å². The van der Waals surface area contributed by atoms with Gasteiger partial charge in [0.1, 0.15) is 0 Å². The first-order valence-corrected chi connectivity index (χ1v) is 7.67. The van der Waals surface area contributed by atoms with E-state index in [-0.39, 0.29) is 11.3 Å². The molecule has 3 unspecified atom stereocenters. The number of rotatable bonds is 2. The maximum atomic E-state index is 12.1. The molecule has 1 heterocycles. The van der Waals surface area contributed by atoms with Crippen molar-refractivity contribution in [3.05, 3.63) is 0 Å². The van der Waals surface area contributed by atoms with Gasteiger partial charge in [-0.2, -0.15) is 0 Å². The molecule has 2 fully saturated rings. The Morgan fingerprint density at radius 1 is 1.25 bits per heavy atom. The van der Waals surface area contributed by atoms with Gasteiger partial charge in [0.2, 0.25) is 10.0 Å². The lowest BCUT2D eigenvalue weighted by molar-refractivity contribution is 0.260. The van der Waals surface area contributed by atoms with Crippen LogP contribution in [0.15, 0.2) is 0 Å². The van der Waals surface area contributed by atoms with Crippen LogP contribution in [0.4, 0.5) is 0 Å². The van der Waals surface area contributed by atoms with Crippen LogP contribution in [0.3, 0.4) is 0 Å². The largest absolute Gasteiger partial charge is 0.327 e. The van der Waals surface area contributed by atoms with Gasteiger partial charge in [0, 0.05) is 19.1 Å². The molecule has 1 saturated carbocycles. The van der Waals surface area contributed by atoms with E-state index in [1.807, 2.05) is 0 Å². The summed E-state index contributed by atoms with van der Waals surface area (Å²) in [5.74, 6) is 0.888. The zero-order valence-electron chi connectivity index (χ0n) is 10.1. The van der Waals surface area contributed by atoms with Crippen molar-refractivity contribution in [1.29, 1.82) is 0 Å². The molecular formula is C11H22N2O2S. The van der Waals surface area contributed by atoms with E-state index in [1.165, 1.54) is 0 Å². The molecule has 1 aliphatic carbocycles. The molecule has 5 heteroatoms.